The molecular weight excluding hydrogens is 338 g/mol. The maximum atomic E-state index is 11.8. The van der Waals surface area contributed by atoms with E-state index in [1.54, 1.807) is 11.4 Å². The van der Waals surface area contributed by atoms with Crippen LogP contribution in [0.4, 0.5) is 0 Å². The minimum atomic E-state index is -3.61. The van der Waals surface area contributed by atoms with Crippen LogP contribution in [-0.4, -0.2) is 51.7 Å². The van der Waals surface area contributed by atoms with Crippen LogP contribution in [0.3, 0.4) is 0 Å². The van der Waals surface area contributed by atoms with Gasteiger partial charge in [-0.1, -0.05) is 6.07 Å². The molecule has 0 aliphatic carbocycles. The number of aliphatic hydroxyl groups is 1. The highest BCUT2D eigenvalue weighted by Gasteiger charge is 2.25. The van der Waals surface area contributed by atoms with Gasteiger partial charge in [0.2, 0.25) is 5.91 Å². The van der Waals surface area contributed by atoms with Gasteiger partial charge in [0.1, 0.15) is 4.21 Å². The zero-order valence-corrected chi connectivity index (χ0v) is 13.6. The van der Waals surface area contributed by atoms with E-state index in [9.17, 15) is 18.3 Å². The predicted octanol–water partition coefficient (Wildman–Crippen LogP) is -0.855. The molecule has 1 aliphatic rings. The first kappa shape index (κ1) is 18.3. The van der Waals surface area contributed by atoms with Crippen LogP contribution < -0.4 is 15.4 Å². The highest BCUT2D eigenvalue weighted by atomic mass is 35.5. The van der Waals surface area contributed by atoms with Gasteiger partial charge in [0.15, 0.2) is 0 Å². The van der Waals surface area contributed by atoms with Crippen molar-refractivity contribution in [1.82, 2.24) is 15.4 Å². The molecule has 0 radical (unpaired) electrons. The summed E-state index contributed by atoms with van der Waals surface area (Å²) in [5.41, 5.74) is 0. The van der Waals surface area contributed by atoms with E-state index in [1.165, 1.54) is 6.07 Å². The first-order chi connectivity index (χ1) is 9.49. The van der Waals surface area contributed by atoms with E-state index in [1.807, 2.05) is 0 Å². The number of carbonyl (C=O) groups is 1. The third kappa shape index (κ3) is 5.20. The molecule has 4 N–H and O–H groups in total. The molecule has 21 heavy (non-hydrogen) atoms. The molecule has 1 aromatic rings. The number of sulfonamides is 1. The SMILES string of the molecule is Cl.O=C(CNS(=O)(=O)c1cccs1)NCC1CNCC1O. The van der Waals surface area contributed by atoms with E-state index in [0.29, 0.717) is 19.6 Å². The standard InChI is InChI=1S/C11H17N3O4S2.ClH/c15-9-6-12-4-8(9)5-13-10(16)7-14-20(17,18)11-2-1-3-19-11;/h1-3,8-9,12,14-15H,4-7H2,(H,13,16);1H. The second-order valence-corrected chi connectivity index (χ2v) is 7.49. The average molecular weight is 356 g/mol. The quantitative estimate of drug-likeness (QED) is 0.531. The lowest BCUT2D eigenvalue weighted by Crippen LogP contribution is -2.40. The summed E-state index contributed by atoms with van der Waals surface area (Å²) < 4.78 is 26.0. The number of β-amino-alcohol motifs (C(OH)–C–C–N with tert-alkyl or cyclic N) is 1. The van der Waals surface area contributed by atoms with E-state index in [2.05, 4.69) is 15.4 Å². The minimum absolute atomic E-state index is 0. The van der Waals surface area contributed by atoms with Gasteiger partial charge in [-0.05, 0) is 11.4 Å². The molecule has 2 heterocycles. The van der Waals surface area contributed by atoms with E-state index in [0.717, 1.165) is 11.3 Å². The van der Waals surface area contributed by atoms with Crippen LogP contribution in [0.2, 0.25) is 0 Å². The molecule has 1 amide bonds. The number of aliphatic hydroxyl groups excluding tert-OH is 1. The van der Waals surface area contributed by atoms with Gasteiger partial charge in [-0.2, -0.15) is 0 Å². The Morgan fingerprint density at radius 2 is 2.24 bits per heavy atom. The molecule has 2 rings (SSSR count). The normalized spacial score (nSPS) is 21.8. The topological polar surface area (TPSA) is 108 Å². The molecule has 0 aromatic carbocycles. The summed E-state index contributed by atoms with van der Waals surface area (Å²) in [5, 5.41) is 16.8. The molecule has 1 aliphatic heterocycles. The Hall–Kier alpha value is -0.710. The second-order valence-electron chi connectivity index (χ2n) is 4.55. The number of hydrogen-bond acceptors (Lipinski definition) is 6. The Labute approximate surface area is 133 Å². The summed E-state index contributed by atoms with van der Waals surface area (Å²) in [7, 11) is -3.61. The fourth-order valence-corrected chi connectivity index (χ4v) is 3.90. The summed E-state index contributed by atoms with van der Waals surface area (Å²) in [4.78, 5) is 11.6. The number of amides is 1. The predicted molar refractivity (Wildman–Crippen MR) is 82.1 cm³/mol. The molecule has 1 fully saturated rings. The van der Waals surface area contributed by atoms with Crippen molar-refractivity contribution in [2.45, 2.75) is 10.3 Å². The van der Waals surface area contributed by atoms with Crippen LogP contribution in [0.15, 0.2) is 21.7 Å². The molecule has 0 bridgehead atoms. The van der Waals surface area contributed by atoms with Gasteiger partial charge in [-0.25, -0.2) is 13.1 Å². The zero-order chi connectivity index (χ0) is 14.6. The summed E-state index contributed by atoms with van der Waals surface area (Å²) >= 11 is 1.09. The number of hydrogen-bond donors (Lipinski definition) is 4. The van der Waals surface area contributed by atoms with Crippen molar-refractivity contribution < 1.29 is 18.3 Å². The summed E-state index contributed by atoms with van der Waals surface area (Å²) in [6.45, 7) is 1.18. The van der Waals surface area contributed by atoms with Crippen LogP contribution in [0.5, 0.6) is 0 Å². The van der Waals surface area contributed by atoms with Crippen molar-refractivity contribution >= 4 is 39.7 Å². The third-order valence-electron chi connectivity index (χ3n) is 3.05. The second kappa shape index (κ2) is 8.06. The van der Waals surface area contributed by atoms with Crippen LogP contribution in [0.25, 0.3) is 0 Å². The van der Waals surface area contributed by atoms with Crippen molar-refractivity contribution in [3.05, 3.63) is 17.5 Å². The largest absolute Gasteiger partial charge is 0.391 e. The summed E-state index contributed by atoms with van der Waals surface area (Å²) in [6.07, 6.45) is -0.474. The van der Waals surface area contributed by atoms with E-state index in [-0.39, 0.29) is 29.1 Å². The van der Waals surface area contributed by atoms with Gasteiger partial charge in [-0.3, -0.25) is 4.79 Å². The van der Waals surface area contributed by atoms with Crippen molar-refractivity contribution in [3.63, 3.8) is 0 Å². The number of nitrogens with one attached hydrogen (secondary N) is 3. The monoisotopic (exact) mass is 355 g/mol. The Morgan fingerprint density at radius 3 is 2.81 bits per heavy atom. The number of rotatable bonds is 6. The number of carbonyl (C=O) groups excluding carboxylic acids is 1. The van der Waals surface area contributed by atoms with Crippen LogP contribution in [-0.2, 0) is 14.8 Å². The molecule has 2 unspecified atom stereocenters. The molecular formula is C11H18ClN3O4S2. The molecule has 120 valence electrons. The lowest BCUT2D eigenvalue weighted by molar-refractivity contribution is -0.120. The fraction of sp³-hybridized carbons (Fsp3) is 0.545. The van der Waals surface area contributed by atoms with E-state index < -0.39 is 22.0 Å². The zero-order valence-electron chi connectivity index (χ0n) is 11.1. The van der Waals surface area contributed by atoms with Gasteiger partial charge in [-0.15, -0.1) is 23.7 Å². The highest BCUT2D eigenvalue weighted by molar-refractivity contribution is 7.91. The molecule has 1 aromatic heterocycles. The average Bonchev–Trinajstić information content (AvgIpc) is 3.05. The highest BCUT2D eigenvalue weighted by Crippen LogP contribution is 2.14. The van der Waals surface area contributed by atoms with Gasteiger partial charge in [0.05, 0.1) is 12.6 Å². The van der Waals surface area contributed by atoms with E-state index >= 15 is 0 Å². The van der Waals surface area contributed by atoms with Crippen molar-refractivity contribution in [1.29, 1.82) is 0 Å². The molecule has 10 heteroatoms. The van der Waals surface area contributed by atoms with Crippen LogP contribution >= 0.6 is 23.7 Å². The maximum absolute atomic E-state index is 11.8. The molecule has 2 atom stereocenters. The van der Waals surface area contributed by atoms with Gasteiger partial charge in [0, 0.05) is 25.6 Å². The lowest BCUT2D eigenvalue weighted by atomic mass is 10.1. The minimum Gasteiger partial charge on any atom is -0.391 e. The Balaban J connectivity index is 0.00000220. The Bertz CT molecular complexity index is 550. The van der Waals surface area contributed by atoms with Crippen LogP contribution in [0.1, 0.15) is 0 Å². The van der Waals surface area contributed by atoms with Crippen molar-refractivity contribution in [2.24, 2.45) is 5.92 Å². The Morgan fingerprint density at radius 1 is 1.48 bits per heavy atom. The van der Waals surface area contributed by atoms with Crippen LogP contribution in [0, 0.1) is 5.92 Å². The fourth-order valence-electron chi connectivity index (χ4n) is 1.88. The number of halogens is 1. The molecule has 0 spiro atoms. The lowest BCUT2D eigenvalue weighted by Gasteiger charge is -2.14. The molecule has 7 nitrogen and oxygen atoms in total. The molecule has 0 saturated carbocycles. The number of thiophene rings is 1. The van der Waals surface area contributed by atoms with Gasteiger partial charge >= 0.3 is 0 Å². The first-order valence-electron chi connectivity index (χ1n) is 6.17. The smallest absolute Gasteiger partial charge is 0.250 e. The first-order valence-corrected chi connectivity index (χ1v) is 8.54. The van der Waals surface area contributed by atoms with Gasteiger partial charge in [0.25, 0.3) is 10.0 Å². The van der Waals surface area contributed by atoms with Crippen molar-refractivity contribution in [3.8, 4) is 0 Å². The summed E-state index contributed by atoms with van der Waals surface area (Å²) in [6, 6.07) is 3.11. The Kier molecular flexibility index (Phi) is 7.04. The third-order valence-corrected chi connectivity index (χ3v) is 5.85. The van der Waals surface area contributed by atoms with Gasteiger partial charge < -0.3 is 15.7 Å². The maximum Gasteiger partial charge on any atom is 0.250 e. The molecule has 1 saturated heterocycles. The summed E-state index contributed by atoms with van der Waals surface area (Å²) in [5.74, 6) is -0.447. The van der Waals surface area contributed by atoms with E-state index in [4.69, 9.17) is 0 Å². The van der Waals surface area contributed by atoms with Crippen molar-refractivity contribution in [2.75, 3.05) is 26.2 Å².